The number of carbonyl (C=O) groups excluding carboxylic acids is 2. The Balaban J connectivity index is 2.26. The number of hydrogen-bond acceptors (Lipinski definition) is 3. The van der Waals surface area contributed by atoms with Gasteiger partial charge in [0.05, 0.1) is 23.6 Å². The van der Waals surface area contributed by atoms with E-state index in [9.17, 15) is 9.59 Å². The van der Waals surface area contributed by atoms with Crippen LogP contribution in [0, 0.1) is 0 Å². The van der Waals surface area contributed by atoms with E-state index in [4.69, 9.17) is 27.9 Å². The fourth-order valence-electron chi connectivity index (χ4n) is 2.80. The Hall–Kier alpha value is -2.24. The van der Waals surface area contributed by atoms with E-state index < -0.39 is 6.04 Å². The van der Waals surface area contributed by atoms with Crippen molar-refractivity contribution < 1.29 is 14.3 Å². The van der Waals surface area contributed by atoms with Crippen molar-refractivity contribution in [3.63, 3.8) is 0 Å². The molecule has 1 atom stereocenters. The summed E-state index contributed by atoms with van der Waals surface area (Å²) in [5.74, 6) is 0.313. The van der Waals surface area contributed by atoms with Crippen molar-refractivity contribution in [3.05, 3.63) is 63.6 Å². The molecule has 0 unspecified atom stereocenters. The van der Waals surface area contributed by atoms with Crippen molar-refractivity contribution >= 4 is 35.0 Å². The van der Waals surface area contributed by atoms with Crippen LogP contribution in [0.4, 0.5) is 0 Å². The molecule has 0 aliphatic heterocycles. The summed E-state index contributed by atoms with van der Waals surface area (Å²) in [5, 5.41) is 3.60. The summed E-state index contributed by atoms with van der Waals surface area (Å²) in [5.41, 5.74) is 1.61. The van der Waals surface area contributed by atoms with Crippen LogP contribution in [0.3, 0.4) is 0 Å². The first-order valence-electron chi connectivity index (χ1n) is 8.99. The van der Waals surface area contributed by atoms with Gasteiger partial charge in [-0.25, -0.2) is 0 Å². The van der Waals surface area contributed by atoms with Crippen LogP contribution in [0.2, 0.25) is 10.0 Å². The molecule has 28 heavy (non-hydrogen) atoms. The first-order chi connectivity index (χ1) is 13.3. The second kappa shape index (κ2) is 10.3. The molecule has 0 aromatic heterocycles. The van der Waals surface area contributed by atoms with Gasteiger partial charge in [0.25, 0.3) is 0 Å². The average molecular weight is 423 g/mol. The maximum Gasteiger partial charge on any atom is 0.242 e. The van der Waals surface area contributed by atoms with Gasteiger partial charge in [0.1, 0.15) is 11.8 Å². The molecular formula is C21H24Cl2N2O3. The number of likely N-dealkylation sites (N-methyl/N-ethyl adjacent to an activating group) is 1. The van der Waals surface area contributed by atoms with E-state index in [1.807, 2.05) is 31.2 Å². The molecule has 0 fully saturated rings. The monoisotopic (exact) mass is 422 g/mol. The minimum Gasteiger partial charge on any atom is -0.497 e. The van der Waals surface area contributed by atoms with Gasteiger partial charge in [-0.05, 0) is 49.2 Å². The predicted molar refractivity (Wildman–Crippen MR) is 112 cm³/mol. The van der Waals surface area contributed by atoms with E-state index >= 15 is 0 Å². The van der Waals surface area contributed by atoms with Crippen molar-refractivity contribution in [1.82, 2.24) is 10.2 Å². The van der Waals surface area contributed by atoms with E-state index in [0.717, 1.165) is 11.1 Å². The lowest BCUT2D eigenvalue weighted by molar-refractivity contribution is -0.140. The topological polar surface area (TPSA) is 58.6 Å². The number of ether oxygens (including phenoxy) is 1. The number of amides is 2. The molecule has 0 heterocycles. The van der Waals surface area contributed by atoms with Gasteiger partial charge >= 0.3 is 0 Å². The molecule has 0 radical (unpaired) electrons. The number of rotatable bonds is 8. The average Bonchev–Trinajstić information content (AvgIpc) is 2.68. The number of carbonyl (C=O) groups is 2. The van der Waals surface area contributed by atoms with Crippen LogP contribution >= 0.6 is 23.2 Å². The standard InChI is InChI=1S/C21H24Cl2N2O3/c1-4-24-21(27)14(2)25(13-16-6-5-7-17(10-16)28-3)20(26)12-15-8-9-18(22)19(23)11-15/h5-11,14H,4,12-13H2,1-3H3,(H,24,27)/t14-/m1/s1. The molecule has 0 saturated heterocycles. The second-order valence-corrected chi connectivity index (χ2v) is 7.18. The molecule has 7 heteroatoms. The van der Waals surface area contributed by atoms with E-state index in [-0.39, 0.29) is 24.8 Å². The Kier molecular flexibility index (Phi) is 8.15. The first-order valence-corrected chi connectivity index (χ1v) is 9.75. The Morgan fingerprint density at radius 3 is 2.50 bits per heavy atom. The zero-order valence-corrected chi connectivity index (χ0v) is 17.7. The quantitative estimate of drug-likeness (QED) is 0.696. The molecule has 2 aromatic carbocycles. The molecule has 0 saturated carbocycles. The van der Waals surface area contributed by atoms with E-state index in [1.54, 1.807) is 37.1 Å². The van der Waals surface area contributed by atoms with Crippen LogP contribution in [-0.2, 0) is 22.6 Å². The molecule has 2 amide bonds. The minimum atomic E-state index is -0.624. The fraction of sp³-hybridized carbons (Fsp3) is 0.333. The summed E-state index contributed by atoms with van der Waals surface area (Å²) in [6, 6.07) is 11.9. The Labute approximate surface area is 175 Å². The maximum atomic E-state index is 13.1. The van der Waals surface area contributed by atoms with E-state index in [2.05, 4.69) is 5.32 Å². The molecule has 2 aromatic rings. The minimum absolute atomic E-state index is 0.116. The zero-order chi connectivity index (χ0) is 20.7. The highest BCUT2D eigenvalue weighted by atomic mass is 35.5. The van der Waals surface area contributed by atoms with Gasteiger partial charge in [-0.3, -0.25) is 9.59 Å². The number of hydrogen-bond donors (Lipinski definition) is 1. The summed E-state index contributed by atoms with van der Waals surface area (Å²) < 4.78 is 5.25. The molecule has 0 spiro atoms. The number of nitrogens with one attached hydrogen (secondary N) is 1. The fourth-order valence-corrected chi connectivity index (χ4v) is 3.12. The number of nitrogens with zero attached hydrogens (tertiary/aromatic N) is 1. The Bertz CT molecular complexity index is 842. The molecule has 5 nitrogen and oxygen atoms in total. The van der Waals surface area contributed by atoms with Crippen molar-refractivity contribution in [2.24, 2.45) is 0 Å². The summed E-state index contributed by atoms with van der Waals surface area (Å²) in [4.78, 5) is 27.0. The van der Waals surface area contributed by atoms with Gasteiger partial charge < -0.3 is 15.0 Å². The number of methoxy groups -OCH3 is 1. The van der Waals surface area contributed by atoms with Crippen molar-refractivity contribution in [1.29, 1.82) is 0 Å². The Morgan fingerprint density at radius 1 is 1.11 bits per heavy atom. The van der Waals surface area contributed by atoms with Gasteiger partial charge in [-0.1, -0.05) is 41.4 Å². The third-order valence-electron chi connectivity index (χ3n) is 4.34. The molecule has 150 valence electrons. The van der Waals surface area contributed by atoms with Crippen LogP contribution in [0.1, 0.15) is 25.0 Å². The van der Waals surface area contributed by atoms with Crippen LogP contribution in [0.5, 0.6) is 5.75 Å². The van der Waals surface area contributed by atoms with Gasteiger partial charge in [0, 0.05) is 13.1 Å². The molecule has 1 N–H and O–H groups in total. The largest absolute Gasteiger partial charge is 0.497 e. The van der Waals surface area contributed by atoms with Crippen molar-refractivity contribution in [3.8, 4) is 5.75 Å². The molecule has 2 rings (SSSR count). The summed E-state index contributed by atoms with van der Waals surface area (Å²) in [6.07, 6.45) is 0.116. The summed E-state index contributed by atoms with van der Waals surface area (Å²) in [7, 11) is 1.59. The maximum absolute atomic E-state index is 13.1. The van der Waals surface area contributed by atoms with Gasteiger partial charge in [-0.2, -0.15) is 0 Å². The van der Waals surface area contributed by atoms with Crippen LogP contribution in [-0.4, -0.2) is 36.4 Å². The SMILES string of the molecule is CCNC(=O)[C@@H](C)N(Cc1cccc(OC)c1)C(=O)Cc1ccc(Cl)c(Cl)c1. The number of halogens is 2. The van der Waals surface area contributed by atoms with E-state index in [1.165, 1.54) is 0 Å². The molecular weight excluding hydrogens is 399 g/mol. The highest BCUT2D eigenvalue weighted by Gasteiger charge is 2.26. The second-order valence-electron chi connectivity index (χ2n) is 6.37. The molecule has 0 aliphatic carbocycles. The van der Waals surface area contributed by atoms with Crippen LogP contribution in [0.25, 0.3) is 0 Å². The van der Waals surface area contributed by atoms with Gasteiger partial charge in [0.2, 0.25) is 11.8 Å². The highest BCUT2D eigenvalue weighted by molar-refractivity contribution is 6.42. The lowest BCUT2D eigenvalue weighted by Crippen LogP contribution is -2.48. The lowest BCUT2D eigenvalue weighted by atomic mass is 10.1. The van der Waals surface area contributed by atoms with Crippen LogP contribution in [0.15, 0.2) is 42.5 Å². The van der Waals surface area contributed by atoms with E-state index in [0.29, 0.717) is 22.3 Å². The van der Waals surface area contributed by atoms with Gasteiger partial charge in [-0.15, -0.1) is 0 Å². The first kappa shape index (κ1) is 22.1. The molecule has 0 bridgehead atoms. The Morgan fingerprint density at radius 2 is 1.86 bits per heavy atom. The normalized spacial score (nSPS) is 11.6. The lowest BCUT2D eigenvalue weighted by Gasteiger charge is -2.29. The van der Waals surface area contributed by atoms with Crippen LogP contribution < -0.4 is 10.1 Å². The van der Waals surface area contributed by atoms with Crippen molar-refractivity contribution in [2.45, 2.75) is 32.9 Å². The smallest absolute Gasteiger partial charge is 0.242 e. The molecule has 0 aliphatic rings. The highest BCUT2D eigenvalue weighted by Crippen LogP contribution is 2.23. The third-order valence-corrected chi connectivity index (χ3v) is 5.08. The summed E-state index contributed by atoms with van der Waals surface area (Å²) >= 11 is 12.0. The van der Waals surface area contributed by atoms with Crippen molar-refractivity contribution in [2.75, 3.05) is 13.7 Å². The predicted octanol–water partition coefficient (Wildman–Crippen LogP) is 4.10. The summed E-state index contributed by atoms with van der Waals surface area (Å²) in [6.45, 7) is 4.35. The third kappa shape index (κ3) is 5.88. The zero-order valence-electron chi connectivity index (χ0n) is 16.2. The number of benzene rings is 2. The van der Waals surface area contributed by atoms with Gasteiger partial charge in [0.15, 0.2) is 0 Å².